The van der Waals surface area contributed by atoms with Crippen LogP contribution in [0.25, 0.3) is 0 Å². The maximum atomic E-state index is 13.6. The van der Waals surface area contributed by atoms with E-state index in [-0.39, 0.29) is 18.0 Å². The van der Waals surface area contributed by atoms with Gasteiger partial charge in [-0.05, 0) is 24.8 Å². The van der Waals surface area contributed by atoms with E-state index in [2.05, 4.69) is 6.92 Å². The summed E-state index contributed by atoms with van der Waals surface area (Å²) in [5.74, 6) is 0.157. The van der Waals surface area contributed by atoms with E-state index in [1.165, 1.54) is 6.07 Å². The number of hydrogen-bond acceptors (Lipinski definition) is 2. The van der Waals surface area contributed by atoms with Crippen LogP contribution in [0.1, 0.15) is 37.9 Å². The van der Waals surface area contributed by atoms with Crippen LogP contribution in [0.5, 0.6) is 0 Å². The molecule has 2 atom stereocenters. The van der Waals surface area contributed by atoms with Gasteiger partial charge in [0.1, 0.15) is 5.82 Å². The molecule has 1 heterocycles. The zero-order valence-electron chi connectivity index (χ0n) is 11.2. The minimum atomic E-state index is -0.960. The summed E-state index contributed by atoms with van der Waals surface area (Å²) in [4.78, 5) is 13.6. The zero-order valence-corrected chi connectivity index (χ0v) is 11.2. The number of carbonyl (C=O) groups excluding carboxylic acids is 1. The van der Waals surface area contributed by atoms with Crippen molar-refractivity contribution in [3.05, 3.63) is 35.6 Å². The third-order valence-electron chi connectivity index (χ3n) is 3.75. The number of carbonyl (C=O) groups is 1. The highest BCUT2D eigenvalue weighted by molar-refractivity contribution is 5.76. The average Bonchev–Trinajstić information content (AvgIpc) is 2.54. The van der Waals surface area contributed by atoms with Gasteiger partial charge < -0.3 is 10.0 Å². The second kappa shape index (κ2) is 6.15. The molecule has 19 heavy (non-hydrogen) atoms. The van der Waals surface area contributed by atoms with Crippen LogP contribution in [0.15, 0.2) is 24.3 Å². The number of nitrogens with zero attached hydrogens (tertiary/aromatic N) is 1. The van der Waals surface area contributed by atoms with Crippen LogP contribution in [0.4, 0.5) is 4.39 Å². The lowest BCUT2D eigenvalue weighted by atomic mass is 10.0. The number of hydrogen-bond donors (Lipinski definition) is 1. The largest absolute Gasteiger partial charge is 0.386 e. The van der Waals surface area contributed by atoms with Crippen LogP contribution in [-0.2, 0) is 4.79 Å². The van der Waals surface area contributed by atoms with E-state index in [1.807, 2.05) is 0 Å². The summed E-state index contributed by atoms with van der Waals surface area (Å²) in [6, 6.07) is 6.16. The topological polar surface area (TPSA) is 40.5 Å². The van der Waals surface area contributed by atoms with Gasteiger partial charge >= 0.3 is 0 Å². The number of β-amino-alcohol motifs (C(OH)–C–C–N with tert-alkyl or cyclic N) is 1. The summed E-state index contributed by atoms with van der Waals surface area (Å²) >= 11 is 0. The SMILES string of the molecule is CC1CCC(=O)N(CC(O)c2ccccc2F)CC1. The molecule has 0 radical (unpaired) electrons. The first-order chi connectivity index (χ1) is 9.08. The summed E-state index contributed by atoms with van der Waals surface area (Å²) < 4.78 is 13.6. The fourth-order valence-corrected chi connectivity index (χ4v) is 2.42. The highest BCUT2D eigenvalue weighted by Crippen LogP contribution is 2.22. The monoisotopic (exact) mass is 265 g/mol. The van der Waals surface area contributed by atoms with Crippen molar-refractivity contribution in [1.82, 2.24) is 4.90 Å². The van der Waals surface area contributed by atoms with Crippen molar-refractivity contribution < 1.29 is 14.3 Å². The average molecular weight is 265 g/mol. The number of likely N-dealkylation sites (tertiary alicyclic amines) is 1. The first-order valence-electron chi connectivity index (χ1n) is 6.78. The first kappa shape index (κ1) is 14.0. The number of amides is 1. The molecule has 1 saturated heterocycles. The molecule has 1 amide bonds. The molecule has 1 N–H and O–H groups in total. The summed E-state index contributed by atoms with van der Waals surface area (Å²) in [5.41, 5.74) is 0.257. The fourth-order valence-electron chi connectivity index (χ4n) is 2.42. The molecule has 2 unspecified atom stereocenters. The Bertz CT molecular complexity index is 450. The number of halogens is 1. The van der Waals surface area contributed by atoms with Gasteiger partial charge in [-0.2, -0.15) is 0 Å². The van der Waals surface area contributed by atoms with Crippen molar-refractivity contribution in [2.75, 3.05) is 13.1 Å². The van der Waals surface area contributed by atoms with Crippen molar-refractivity contribution in [1.29, 1.82) is 0 Å². The fraction of sp³-hybridized carbons (Fsp3) is 0.533. The summed E-state index contributed by atoms with van der Waals surface area (Å²) in [6.45, 7) is 2.95. The molecule has 2 rings (SSSR count). The van der Waals surface area contributed by atoms with Gasteiger partial charge in [0.25, 0.3) is 0 Å². The summed E-state index contributed by atoms with van der Waals surface area (Å²) in [6.07, 6.45) is 1.39. The molecule has 1 aliphatic rings. The molecule has 3 nitrogen and oxygen atoms in total. The standard InChI is InChI=1S/C15H20FNO2/c1-11-6-7-15(19)17(9-8-11)10-14(18)12-4-2-3-5-13(12)16/h2-5,11,14,18H,6-10H2,1H3. The van der Waals surface area contributed by atoms with Crippen molar-refractivity contribution in [2.45, 2.75) is 32.3 Å². The van der Waals surface area contributed by atoms with Gasteiger partial charge in [-0.15, -0.1) is 0 Å². The Balaban J connectivity index is 2.03. The Kier molecular flexibility index (Phi) is 4.53. The number of aliphatic hydroxyl groups excluding tert-OH is 1. The third-order valence-corrected chi connectivity index (χ3v) is 3.75. The second-order valence-corrected chi connectivity index (χ2v) is 5.31. The van der Waals surface area contributed by atoms with E-state index in [0.29, 0.717) is 18.9 Å². The summed E-state index contributed by atoms with van der Waals surface area (Å²) in [7, 11) is 0. The predicted octanol–water partition coefficient (Wildman–Crippen LogP) is 2.51. The molecule has 4 heteroatoms. The molecule has 1 aromatic rings. The minimum absolute atomic E-state index is 0.0553. The van der Waals surface area contributed by atoms with Crippen molar-refractivity contribution in [2.24, 2.45) is 5.92 Å². The Morgan fingerprint density at radius 3 is 2.89 bits per heavy atom. The van der Waals surface area contributed by atoms with Gasteiger partial charge in [0.2, 0.25) is 5.91 Å². The quantitative estimate of drug-likeness (QED) is 0.912. The Morgan fingerprint density at radius 2 is 2.16 bits per heavy atom. The molecule has 0 bridgehead atoms. The number of rotatable bonds is 3. The Morgan fingerprint density at radius 1 is 1.42 bits per heavy atom. The molecule has 0 saturated carbocycles. The lowest BCUT2D eigenvalue weighted by molar-refractivity contribution is -0.132. The van der Waals surface area contributed by atoms with E-state index in [4.69, 9.17) is 0 Å². The molecule has 1 aromatic carbocycles. The van der Waals surface area contributed by atoms with Crippen LogP contribution < -0.4 is 0 Å². The van der Waals surface area contributed by atoms with Crippen molar-refractivity contribution >= 4 is 5.91 Å². The van der Waals surface area contributed by atoms with Gasteiger partial charge in [-0.1, -0.05) is 25.1 Å². The Labute approximate surface area is 113 Å². The van der Waals surface area contributed by atoms with Crippen LogP contribution >= 0.6 is 0 Å². The normalized spacial score (nSPS) is 22.2. The second-order valence-electron chi connectivity index (χ2n) is 5.31. The van der Waals surface area contributed by atoms with E-state index < -0.39 is 11.9 Å². The Hall–Kier alpha value is -1.42. The van der Waals surface area contributed by atoms with Crippen molar-refractivity contribution in [3.63, 3.8) is 0 Å². The third kappa shape index (κ3) is 3.53. The zero-order chi connectivity index (χ0) is 13.8. The lowest BCUT2D eigenvalue weighted by Gasteiger charge is -2.24. The van der Waals surface area contributed by atoms with Crippen LogP contribution in [0.3, 0.4) is 0 Å². The maximum absolute atomic E-state index is 13.6. The predicted molar refractivity (Wildman–Crippen MR) is 71.0 cm³/mol. The number of benzene rings is 1. The minimum Gasteiger partial charge on any atom is -0.386 e. The summed E-state index contributed by atoms with van der Waals surface area (Å²) in [5, 5.41) is 10.1. The van der Waals surface area contributed by atoms with Gasteiger partial charge in [-0.3, -0.25) is 4.79 Å². The molecule has 0 spiro atoms. The van der Waals surface area contributed by atoms with Gasteiger partial charge in [0.15, 0.2) is 0 Å². The molecular formula is C15H20FNO2. The van der Waals surface area contributed by atoms with Gasteiger partial charge in [-0.25, -0.2) is 4.39 Å². The maximum Gasteiger partial charge on any atom is 0.222 e. The van der Waals surface area contributed by atoms with E-state index in [9.17, 15) is 14.3 Å². The highest BCUT2D eigenvalue weighted by atomic mass is 19.1. The van der Waals surface area contributed by atoms with Crippen LogP contribution in [-0.4, -0.2) is 29.0 Å². The van der Waals surface area contributed by atoms with Gasteiger partial charge in [0, 0.05) is 18.5 Å². The van der Waals surface area contributed by atoms with E-state index in [0.717, 1.165) is 12.8 Å². The van der Waals surface area contributed by atoms with Gasteiger partial charge in [0.05, 0.1) is 12.6 Å². The molecule has 1 fully saturated rings. The van der Waals surface area contributed by atoms with E-state index >= 15 is 0 Å². The molecular weight excluding hydrogens is 245 g/mol. The molecule has 1 aliphatic heterocycles. The molecule has 0 aliphatic carbocycles. The molecule has 104 valence electrons. The van der Waals surface area contributed by atoms with Crippen LogP contribution in [0, 0.1) is 11.7 Å². The number of aliphatic hydroxyl groups is 1. The lowest BCUT2D eigenvalue weighted by Crippen LogP contribution is -2.34. The first-order valence-corrected chi connectivity index (χ1v) is 6.78. The molecule has 0 aromatic heterocycles. The van der Waals surface area contributed by atoms with Crippen LogP contribution in [0.2, 0.25) is 0 Å². The highest BCUT2D eigenvalue weighted by Gasteiger charge is 2.23. The van der Waals surface area contributed by atoms with E-state index in [1.54, 1.807) is 23.1 Å². The van der Waals surface area contributed by atoms with Crippen molar-refractivity contribution in [3.8, 4) is 0 Å². The smallest absolute Gasteiger partial charge is 0.222 e.